The van der Waals surface area contributed by atoms with Crippen LogP contribution in [-0.2, 0) is 7.05 Å². The molecule has 92 valence electrons. The van der Waals surface area contributed by atoms with Gasteiger partial charge in [0.25, 0.3) is 0 Å². The van der Waals surface area contributed by atoms with Crippen LogP contribution < -0.4 is 0 Å². The molecule has 0 unspecified atom stereocenters. The zero-order valence-electron chi connectivity index (χ0n) is 10.5. The molecule has 0 spiro atoms. The quantitative estimate of drug-likeness (QED) is 0.817. The highest BCUT2D eigenvalue weighted by Crippen LogP contribution is 1.92. The highest BCUT2D eigenvalue weighted by Gasteiger charge is 1.89. The van der Waals surface area contributed by atoms with E-state index in [1.165, 1.54) is 0 Å². The molecule has 0 aliphatic carbocycles. The van der Waals surface area contributed by atoms with Crippen LogP contribution in [0, 0.1) is 0 Å². The Kier molecular flexibility index (Phi) is 6.89. The summed E-state index contributed by atoms with van der Waals surface area (Å²) < 4.78 is 17.3. The summed E-state index contributed by atoms with van der Waals surface area (Å²) in [6.07, 6.45) is 5.16. The van der Waals surface area contributed by atoms with Crippen molar-refractivity contribution < 1.29 is 15.4 Å². The molecule has 2 heterocycles. The molecule has 2 aromatic heterocycles. The van der Waals surface area contributed by atoms with Crippen molar-refractivity contribution in [3.8, 4) is 0 Å². The lowest BCUT2D eigenvalue weighted by Crippen LogP contribution is -1.90. The van der Waals surface area contributed by atoms with Crippen molar-refractivity contribution in [2.24, 2.45) is 7.05 Å². The molecule has 0 saturated heterocycles. The maximum Gasteiger partial charge on any atom is 0.166 e. The number of rotatable bonds is 2. The number of H-pyrrole nitrogens is 1. The molecule has 0 saturated carbocycles. The van der Waals surface area contributed by atoms with E-state index in [0.29, 0.717) is 11.4 Å². The van der Waals surface area contributed by atoms with Gasteiger partial charge in [-0.25, -0.2) is 0 Å². The Morgan fingerprint density at radius 2 is 2.06 bits per heavy atom. The van der Waals surface area contributed by atoms with Crippen LogP contribution in [-0.4, -0.2) is 29.3 Å². The van der Waals surface area contributed by atoms with Crippen LogP contribution >= 0.6 is 0 Å². The van der Waals surface area contributed by atoms with E-state index in [1.807, 2.05) is 19.3 Å². The number of nitrogens with one attached hydrogen (secondary N) is 1. The fraction of sp³-hybridized carbons (Fsp3) is 0.167. The van der Waals surface area contributed by atoms with Gasteiger partial charge in [-0.05, 0) is 24.3 Å². The second kappa shape index (κ2) is 9.08. The van der Waals surface area contributed by atoms with Crippen LogP contribution in [0.25, 0.3) is 0 Å². The standard InChI is InChI=1S/C6H7NO.C5H5NO.CH3F/c1-7-4-2-3-6(7)5-8;7-4-5-2-1-3-6-5;1-2/h2-5H,1H3;1-4,6H;1H3/i;;1D. The van der Waals surface area contributed by atoms with E-state index in [4.69, 9.17) is 1.37 Å². The van der Waals surface area contributed by atoms with Gasteiger partial charge in [0.1, 0.15) is 0 Å². The van der Waals surface area contributed by atoms with Crippen molar-refractivity contribution in [1.82, 2.24) is 9.55 Å². The number of hydrogen-bond donors (Lipinski definition) is 1. The summed E-state index contributed by atoms with van der Waals surface area (Å²) in [5, 5.41) is 0. The SMILES string of the molecule is Cn1cccc1C=O.O=Cc1ccc[nH]1.[2H]CF. The van der Waals surface area contributed by atoms with E-state index in [0.717, 1.165) is 12.6 Å². The second-order valence-corrected chi connectivity index (χ2v) is 2.91. The Hall–Kier alpha value is -2.17. The van der Waals surface area contributed by atoms with Gasteiger partial charge in [-0.2, -0.15) is 0 Å². The highest BCUT2D eigenvalue weighted by atomic mass is 19.1. The topological polar surface area (TPSA) is 54.9 Å². The van der Waals surface area contributed by atoms with Crippen LogP contribution in [0.15, 0.2) is 36.7 Å². The van der Waals surface area contributed by atoms with Crippen LogP contribution in [0.3, 0.4) is 0 Å². The van der Waals surface area contributed by atoms with Crippen molar-refractivity contribution in [2.45, 2.75) is 0 Å². The summed E-state index contributed by atoms with van der Waals surface area (Å²) in [7, 11) is 0.837. The number of carbonyl (C=O) groups is 2. The number of aldehydes is 2. The van der Waals surface area contributed by atoms with E-state index in [9.17, 15) is 14.0 Å². The minimum absolute atomic E-state index is 0.625. The summed E-state index contributed by atoms with van der Waals surface area (Å²) in [4.78, 5) is 22.6. The first kappa shape index (κ1) is 12.9. The number of hydrogen-bond acceptors (Lipinski definition) is 2. The Morgan fingerprint density at radius 1 is 1.35 bits per heavy atom. The third-order valence-corrected chi connectivity index (χ3v) is 1.85. The van der Waals surface area contributed by atoms with Gasteiger partial charge in [-0.1, -0.05) is 0 Å². The second-order valence-electron chi connectivity index (χ2n) is 2.91. The molecule has 0 bridgehead atoms. The molecule has 2 rings (SSSR count). The van der Waals surface area contributed by atoms with Crippen LogP contribution in [0.4, 0.5) is 4.39 Å². The van der Waals surface area contributed by atoms with Gasteiger partial charge in [0.2, 0.25) is 0 Å². The van der Waals surface area contributed by atoms with Crippen LogP contribution in [0.5, 0.6) is 0 Å². The molecule has 1 N–H and O–H groups in total. The largest absolute Gasteiger partial charge is 0.359 e. The lowest BCUT2D eigenvalue weighted by Gasteiger charge is -1.88. The minimum atomic E-state index is -1.00. The van der Waals surface area contributed by atoms with Gasteiger partial charge < -0.3 is 9.55 Å². The molecule has 0 amide bonds. The van der Waals surface area contributed by atoms with Gasteiger partial charge in [0.15, 0.2) is 12.6 Å². The summed E-state index contributed by atoms with van der Waals surface area (Å²) in [6.45, 7) is 0. The zero-order valence-corrected chi connectivity index (χ0v) is 9.47. The Labute approximate surface area is 100 Å². The van der Waals surface area contributed by atoms with Crippen LogP contribution in [0.1, 0.15) is 22.3 Å². The van der Waals surface area contributed by atoms with Gasteiger partial charge in [0, 0.05) is 19.4 Å². The monoisotopic (exact) mass is 239 g/mol. The number of carbonyl (C=O) groups excluding carboxylic acids is 2. The molecule has 2 aromatic rings. The molecule has 0 aliphatic heterocycles. The Morgan fingerprint density at radius 3 is 2.29 bits per heavy atom. The smallest absolute Gasteiger partial charge is 0.166 e. The van der Waals surface area contributed by atoms with E-state index >= 15 is 0 Å². The first-order valence-corrected chi connectivity index (χ1v) is 4.69. The van der Waals surface area contributed by atoms with E-state index in [-0.39, 0.29) is 0 Å². The summed E-state index contributed by atoms with van der Waals surface area (Å²) in [5.41, 5.74) is 1.34. The molecular weight excluding hydrogens is 223 g/mol. The van der Waals surface area contributed by atoms with Gasteiger partial charge >= 0.3 is 0 Å². The van der Waals surface area contributed by atoms with Gasteiger partial charge in [-0.15, -0.1) is 0 Å². The van der Waals surface area contributed by atoms with Crippen molar-refractivity contribution >= 4 is 12.6 Å². The first-order chi connectivity index (χ1) is 8.69. The lowest BCUT2D eigenvalue weighted by molar-refractivity contribution is 0.111. The van der Waals surface area contributed by atoms with Crippen molar-refractivity contribution in [2.75, 3.05) is 7.15 Å². The lowest BCUT2D eigenvalue weighted by atomic mass is 10.5. The molecule has 0 radical (unpaired) electrons. The molecule has 5 heteroatoms. The van der Waals surface area contributed by atoms with Crippen LogP contribution in [0.2, 0.25) is 0 Å². The predicted molar refractivity (Wildman–Crippen MR) is 64.0 cm³/mol. The fourth-order valence-corrected chi connectivity index (χ4v) is 1.01. The van der Waals surface area contributed by atoms with E-state index in [1.54, 1.807) is 29.0 Å². The third kappa shape index (κ3) is 5.46. The average Bonchev–Trinajstić information content (AvgIpc) is 3.01. The normalized spacial score (nSPS) is 8.94. The summed E-state index contributed by atoms with van der Waals surface area (Å²) in [6, 6.07) is 7.10. The molecule has 0 aromatic carbocycles. The predicted octanol–water partition coefficient (Wildman–Crippen LogP) is 2.25. The van der Waals surface area contributed by atoms with E-state index < -0.39 is 7.15 Å². The highest BCUT2D eigenvalue weighted by molar-refractivity contribution is 5.72. The number of halogens is 1. The maximum absolute atomic E-state index is 10.1. The Balaban J connectivity index is 0.000000267. The van der Waals surface area contributed by atoms with Gasteiger partial charge in [-0.3, -0.25) is 14.0 Å². The van der Waals surface area contributed by atoms with Crippen molar-refractivity contribution in [3.63, 3.8) is 0 Å². The number of alkyl halides is 1. The minimum Gasteiger partial charge on any atom is -0.359 e. The van der Waals surface area contributed by atoms with Crippen molar-refractivity contribution in [1.29, 1.82) is 0 Å². The number of aromatic nitrogens is 2. The fourth-order valence-electron chi connectivity index (χ4n) is 1.01. The average molecular weight is 239 g/mol. The maximum atomic E-state index is 10.1. The number of nitrogens with zero attached hydrogens (tertiary/aromatic N) is 1. The molecule has 0 fully saturated rings. The molecule has 0 aliphatic rings. The number of aromatic amines is 1. The zero-order chi connectivity index (χ0) is 13.8. The number of aryl methyl sites for hydroxylation is 1. The van der Waals surface area contributed by atoms with E-state index in [2.05, 4.69) is 4.98 Å². The summed E-state index contributed by atoms with van der Waals surface area (Å²) >= 11 is 0. The molecule has 17 heavy (non-hydrogen) atoms. The molecule has 0 atom stereocenters. The van der Waals surface area contributed by atoms with Gasteiger partial charge in [0.05, 0.1) is 19.9 Å². The third-order valence-electron chi connectivity index (χ3n) is 1.85. The molecular formula is C12H15FN2O2. The summed E-state index contributed by atoms with van der Waals surface area (Å²) in [5.74, 6) is 0. The first-order valence-electron chi connectivity index (χ1n) is 5.40. The molecule has 4 nitrogen and oxygen atoms in total. The Bertz CT molecular complexity index is 441. The van der Waals surface area contributed by atoms with Crippen molar-refractivity contribution in [3.05, 3.63) is 48.0 Å².